The van der Waals surface area contributed by atoms with Crippen LogP contribution in [-0.2, 0) is 4.79 Å². The Morgan fingerprint density at radius 2 is 1.49 bits per heavy atom. The van der Waals surface area contributed by atoms with Crippen molar-refractivity contribution in [2.75, 3.05) is 7.11 Å². The van der Waals surface area contributed by atoms with Gasteiger partial charge in [-0.3, -0.25) is 9.59 Å². The largest absolute Gasteiger partial charge is 0.493 e. The predicted molar refractivity (Wildman–Crippen MR) is 153 cm³/mol. The molecule has 1 aliphatic rings. The predicted octanol–water partition coefficient (Wildman–Crippen LogP) is 6.50. The zero-order valence-corrected chi connectivity index (χ0v) is 24.3. The number of esters is 1. The lowest BCUT2D eigenvalue weighted by molar-refractivity contribution is -0.137. The summed E-state index contributed by atoms with van der Waals surface area (Å²) in [5, 5.41) is 8.29. The number of methoxy groups -OCH3 is 1. The molecule has 0 aliphatic heterocycles. The Morgan fingerprint density at radius 3 is 2.02 bits per heavy atom. The maximum atomic E-state index is 13.2. The molecule has 3 atom stereocenters. The molecule has 1 saturated carbocycles. The average molecular weight is 595 g/mol. The minimum atomic E-state index is -0.636. The molecule has 0 bridgehead atoms. The molecule has 2 heterocycles. The molecular weight excluding hydrogens is 567 g/mol. The zero-order chi connectivity index (χ0) is 29.3. The third-order valence-corrected chi connectivity index (χ3v) is 7.49. The Labute approximate surface area is 247 Å². The Hall–Kier alpha value is -3.95. The van der Waals surface area contributed by atoms with Crippen molar-refractivity contribution in [3.05, 3.63) is 99.4 Å². The summed E-state index contributed by atoms with van der Waals surface area (Å²) in [5.41, 5.74) is 2.11. The summed E-state index contributed by atoms with van der Waals surface area (Å²) in [6.07, 6.45) is 1.40. The number of benzene rings is 2. The Kier molecular flexibility index (Phi) is 8.28. The smallest absolute Gasteiger partial charge is 0.313 e. The molecule has 4 aromatic rings. The summed E-state index contributed by atoms with van der Waals surface area (Å²) < 4.78 is 16.5. The van der Waals surface area contributed by atoms with E-state index in [0.29, 0.717) is 21.8 Å². The maximum absolute atomic E-state index is 13.2. The van der Waals surface area contributed by atoms with Gasteiger partial charge < -0.3 is 19.3 Å². The van der Waals surface area contributed by atoms with Gasteiger partial charge in [0.25, 0.3) is 5.91 Å². The molecule has 0 saturated heterocycles. The van der Waals surface area contributed by atoms with E-state index in [9.17, 15) is 9.59 Å². The van der Waals surface area contributed by atoms with Crippen LogP contribution in [0.2, 0.25) is 10.0 Å². The monoisotopic (exact) mass is 594 g/mol. The number of halogens is 2. The first kappa shape index (κ1) is 28.6. The van der Waals surface area contributed by atoms with Gasteiger partial charge in [-0.2, -0.15) is 4.98 Å². The van der Waals surface area contributed by atoms with Crippen LogP contribution in [0.5, 0.6) is 11.5 Å². The number of carbonyl (C=O) groups excluding carboxylic acids is 2. The van der Waals surface area contributed by atoms with Crippen LogP contribution in [0.25, 0.3) is 0 Å². The van der Waals surface area contributed by atoms with Gasteiger partial charge in [0.15, 0.2) is 17.3 Å². The maximum Gasteiger partial charge on any atom is 0.313 e. The van der Waals surface area contributed by atoms with Crippen molar-refractivity contribution in [1.29, 1.82) is 0 Å². The number of ether oxygens (including phenoxy) is 2. The van der Waals surface area contributed by atoms with E-state index in [-0.39, 0.29) is 34.9 Å². The van der Waals surface area contributed by atoms with Crippen molar-refractivity contribution in [3.63, 3.8) is 0 Å². The fourth-order valence-corrected chi connectivity index (χ4v) is 5.03. The number of aromatic nitrogens is 3. The van der Waals surface area contributed by atoms with Crippen LogP contribution < -0.4 is 14.8 Å². The highest BCUT2D eigenvalue weighted by Crippen LogP contribution is 2.65. The lowest BCUT2D eigenvalue weighted by atomic mass is 10.0. The third-order valence-electron chi connectivity index (χ3n) is 6.98. The molecule has 5 rings (SSSR count). The molecule has 2 aromatic carbocycles. The summed E-state index contributed by atoms with van der Waals surface area (Å²) in [7, 11) is 1.42. The number of rotatable bonds is 9. The van der Waals surface area contributed by atoms with Crippen molar-refractivity contribution in [2.24, 2.45) is 5.92 Å². The third kappa shape index (κ3) is 6.06. The van der Waals surface area contributed by atoms with E-state index in [1.165, 1.54) is 19.4 Å². The van der Waals surface area contributed by atoms with E-state index < -0.39 is 23.8 Å². The number of hydrogen-bond donors (Lipinski definition) is 1. The first-order chi connectivity index (χ1) is 19.7. The van der Waals surface area contributed by atoms with Crippen LogP contribution in [0.1, 0.15) is 77.9 Å². The lowest BCUT2D eigenvalue weighted by Gasteiger charge is -2.15. The molecule has 9 nitrogen and oxygen atoms in total. The molecule has 1 aliphatic carbocycles. The fourth-order valence-electron chi connectivity index (χ4n) is 4.78. The van der Waals surface area contributed by atoms with Crippen LogP contribution in [0.15, 0.2) is 65.3 Å². The van der Waals surface area contributed by atoms with Gasteiger partial charge in [-0.25, -0.2) is 4.98 Å². The number of carbonyl (C=O) groups is 2. The molecule has 212 valence electrons. The fraction of sp³-hybridized carbons (Fsp3) is 0.300. The van der Waals surface area contributed by atoms with Gasteiger partial charge in [-0.15, -0.1) is 0 Å². The number of hydrogen-bond acceptors (Lipinski definition) is 8. The number of nitrogens with one attached hydrogen (secondary N) is 1. The van der Waals surface area contributed by atoms with Gasteiger partial charge in [0.2, 0.25) is 11.6 Å². The second-order valence-corrected chi connectivity index (χ2v) is 11.0. The van der Waals surface area contributed by atoms with Crippen LogP contribution in [0.3, 0.4) is 0 Å². The molecule has 1 N–H and O–H groups in total. The molecule has 41 heavy (non-hydrogen) atoms. The van der Waals surface area contributed by atoms with Crippen molar-refractivity contribution >= 4 is 35.1 Å². The molecule has 0 spiro atoms. The highest BCUT2D eigenvalue weighted by Gasteiger charge is 2.55. The molecule has 2 unspecified atom stereocenters. The number of pyridine rings is 1. The SMILES string of the molecule is COc1ccnc(C(=O)N[C@@H](C)c2noc(C3C(c4ccc(Cl)cc4)C3c3ccc(Cl)cc3)n2)c1OC(=O)C(C)C. The molecule has 2 aromatic heterocycles. The first-order valence-electron chi connectivity index (χ1n) is 13.1. The summed E-state index contributed by atoms with van der Waals surface area (Å²) in [5.74, 6) is -0.454. The standard InChI is InChI=1S/C30H28Cl2N4O5/c1-15(2)30(38)40-26-21(39-4)13-14-33-25(26)28(37)34-16(3)27-35-29(41-36-27)24-22(17-5-9-19(31)10-6-17)23(24)18-7-11-20(32)12-8-18/h5-16,22-24H,1-4H3,(H,34,37)/t16-,22?,23?,24?/m0/s1. The molecule has 0 radical (unpaired) electrons. The highest BCUT2D eigenvalue weighted by molar-refractivity contribution is 6.30. The topological polar surface area (TPSA) is 116 Å². The normalized spacial score (nSPS) is 18.6. The van der Waals surface area contributed by atoms with Gasteiger partial charge in [-0.05, 0) is 42.3 Å². The average Bonchev–Trinajstić information content (AvgIpc) is 3.49. The zero-order valence-electron chi connectivity index (χ0n) is 22.8. The van der Waals surface area contributed by atoms with E-state index in [0.717, 1.165) is 11.1 Å². The van der Waals surface area contributed by atoms with Crippen LogP contribution in [0, 0.1) is 5.92 Å². The Morgan fingerprint density at radius 1 is 0.902 bits per heavy atom. The van der Waals surface area contributed by atoms with E-state index in [1.807, 2.05) is 48.5 Å². The molecule has 11 heteroatoms. The summed E-state index contributed by atoms with van der Waals surface area (Å²) >= 11 is 12.2. The summed E-state index contributed by atoms with van der Waals surface area (Å²) in [6.45, 7) is 5.11. The molecular formula is C30H28Cl2N4O5. The second-order valence-electron chi connectivity index (χ2n) is 10.1. The van der Waals surface area contributed by atoms with E-state index in [2.05, 4.69) is 20.4 Å². The van der Waals surface area contributed by atoms with Crippen molar-refractivity contribution in [2.45, 2.75) is 44.6 Å². The number of nitrogens with zero attached hydrogens (tertiary/aromatic N) is 3. The summed E-state index contributed by atoms with van der Waals surface area (Å²) in [4.78, 5) is 34.3. The van der Waals surface area contributed by atoms with Gasteiger partial charge in [0, 0.05) is 34.1 Å². The van der Waals surface area contributed by atoms with Crippen molar-refractivity contribution in [3.8, 4) is 11.5 Å². The van der Waals surface area contributed by atoms with Crippen LogP contribution >= 0.6 is 23.2 Å². The van der Waals surface area contributed by atoms with Gasteiger partial charge >= 0.3 is 5.97 Å². The minimum Gasteiger partial charge on any atom is -0.493 e. The lowest BCUT2D eigenvalue weighted by Crippen LogP contribution is -2.29. The van der Waals surface area contributed by atoms with E-state index in [4.69, 9.17) is 37.2 Å². The summed E-state index contributed by atoms with van der Waals surface area (Å²) in [6, 6.07) is 16.3. The van der Waals surface area contributed by atoms with Gasteiger partial charge in [0.05, 0.1) is 25.0 Å². The van der Waals surface area contributed by atoms with Gasteiger partial charge in [0.1, 0.15) is 0 Å². The van der Waals surface area contributed by atoms with E-state index in [1.54, 1.807) is 20.8 Å². The Balaban J connectivity index is 1.37. The quantitative estimate of drug-likeness (QED) is 0.218. The highest BCUT2D eigenvalue weighted by atomic mass is 35.5. The first-order valence-corrected chi connectivity index (χ1v) is 13.8. The van der Waals surface area contributed by atoms with E-state index >= 15 is 0 Å². The minimum absolute atomic E-state index is 0.0539. The molecule has 1 amide bonds. The molecule has 1 fully saturated rings. The Bertz CT molecular complexity index is 1500. The van der Waals surface area contributed by atoms with Crippen LogP contribution in [0.4, 0.5) is 0 Å². The van der Waals surface area contributed by atoms with Crippen molar-refractivity contribution in [1.82, 2.24) is 20.4 Å². The van der Waals surface area contributed by atoms with Gasteiger partial charge in [-0.1, -0.05) is 66.5 Å². The van der Waals surface area contributed by atoms with Crippen LogP contribution in [-0.4, -0.2) is 34.1 Å². The van der Waals surface area contributed by atoms with Crippen molar-refractivity contribution < 1.29 is 23.6 Å². The second kappa shape index (κ2) is 11.9. The number of amides is 1.